The van der Waals surface area contributed by atoms with E-state index in [2.05, 4.69) is 5.32 Å². The Morgan fingerprint density at radius 2 is 1.66 bits per heavy atom. The Morgan fingerprint density at radius 3 is 2.29 bits per heavy atom. The molecule has 0 atom stereocenters. The number of benzene rings is 3. The molecule has 35 heavy (non-hydrogen) atoms. The fraction of sp³-hybridized carbons (Fsp3) is 0.269. The largest absolute Gasteiger partial charge is 0.494 e. The Kier molecular flexibility index (Phi) is 9.45. The fourth-order valence-corrected chi connectivity index (χ4v) is 5.15. The van der Waals surface area contributed by atoms with E-state index >= 15 is 0 Å². The number of ether oxygens (including phenoxy) is 2. The Morgan fingerprint density at radius 1 is 0.971 bits per heavy atom. The molecule has 0 radical (unpaired) electrons. The standard InChI is InChI=1S/C26H30N2O5S2/c1-4-32-22-11-9-21(10-12-22)28(35(30,31)24-15-13-23(34-3)14-16-24)19-26(29)27-17-18-33-25-8-6-5-7-20(25)2/h5-16H,4,17-19H2,1-3H3,(H,27,29). The van der Waals surface area contributed by atoms with Gasteiger partial charge in [0, 0.05) is 4.90 Å². The van der Waals surface area contributed by atoms with Crippen molar-refractivity contribution in [1.29, 1.82) is 0 Å². The van der Waals surface area contributed by atoms with Gasteiger partial charge in [0.05, 0.1) is 23.7 Å². The summed E-state index contributed by atoms with van der Waals surface area (Å²) in [4.78, 5) is 13.8. The fourth-order valence-electron chi connectivity index (χ4n) is 3.32. The molecule has 9 heteroatoms. The number of anilines is 1. The van der Waals surface area contributed by atoms with E-state index in [0.29, 0.717) is 18.0 Å². The minimum atomic E-state index is -3.99. The van der Waals surface area contributed by atoms with Gasteiger partial charge in [0.1, 0.15) is 24.7 Å². The third-order valence-electron chi connectivity index (χ3n) is 5.15. The zero-order valence-electron chi connectivity index (χ0n) is 20.1. The van der Waals surface area contributed by atoms with Crippen LogP contribution in [-0.4, -0.2) is 46.9 Å². The molecule has 186 valence electrons. The Labute approximate surface area is 211 Å². The van der Waals surface area contributed by atoms with E-state index in [1.807, 2.05) is 44.4 Å². The van der Waals surface area contributed by atoms with Gasteiger partial charge >= 0.3 is 0 Å². The number of carbonyl (C=O) groups is 1. The Hall–Kier alpha value is -3.17. The summed E-state index contributed by atoms with van der Waals surface area (Å²) in [6.45, 7) is 4.45. The molecule has 0 aliphatic carbocycles. The summed E-state index contributed by atoms with van der Waals surface area (Å²) in [6, 6.07) is 20.8. The third-order valence-corrected chi connectivity index (χ3v) is 7.68. The molecule has 0 spiro atoms. The first-order chi connectivity index (χ1) is 16.8. The highest BCUT2D eigenvalue weighted by atomic mass is 32.2. The molecule has 0 saturated heterocycles. The number of thioether (sulfide) groups is 1. The summed E-state index contributed by atoms with van der Waals surface area (Å²) < 4.78 is 39.3. The number of para-hydroxylation sites is 1. The van der Waals surface area contributed by atoms with Crippen LogP contribution in [0.15, 0.2) is 82.6 Å². The lowest BCUT2D eigenvalue weighted by molar-refractivity contribution is -0.119. The molecule has 0 unspecified atom stereocenters. The first-order valence-electron chi connectivity index (χ1n) is 11.2. The van der Waals surface area contributed by atoms with E-state index in [1.54, 1.807) is 48.5 Å². The number of hydrogen-bond acceptors (Lipinski definition) is 6. The average Bonchev–Trinajstić information content (AvgIpc) is 2.87. The molecule has 3 rings (SSSR count). The number of carbonyl (C=O) groups excluding carboxylic acids is 1. The van der Waals surface area contributed by atoms with Crippen LogP contribution in [-0.2, 0) is 14.8 Å². The summed E-state index contributed by atoms with van der Waals surface area (Å²) in [7, 11) is -3.99. The van der Waals surface area contributed by atoms with Crippen LogP contribution >= 0.6 is 11.8 Å². The molecule has 0 saturated carbocycles. The predicted octanol–water partition coefficient (Wildman–Crippen LogP) is 4.51. The number of aryl methyl sites for hydroxylation is 1. The first-order valence-corrected chi connectivity index (χ1v) is 13.9. The van der Waals surface area contributed by atoms with Crippen LogP contribution < -0.4 is 19.1 Å². The zero-order valence-corrected chi connectivity index (χ0v) is 21.7. The molecule has 3 aromatic carbocycles. The third kappa shape index (κ3) is 7.16. The molecule has 1 N–H and O–H groups in total. The molecule has 0 fully saturated rings. The van der Waals surface area contributed by atoms with Crippen molar-refractivity contribution in [3.8, 4) is 11.5 Å². The molecular formula is C26H30N2O5S2. The van der Waals surface area contributed by atoms with Crippen molar-refractivity contribution in [2.24, 2.45) is 0 Å². The quantitative estimate of drug-likeness (QED) is 0.283. The lowest BCUT2D eigenvalue weighted by atomic mass is 10.2. The van der Waals surface area contributed by atoms with Gasteiger partial charge in [-0.15, -0.1) is 11.8 Å². The zero-order chi connectivity index (χ0) is 25.3. The highest BCUT2D eigenvalue weighted by molar-refractivity contribution is 7.98. The molecular weight excluding hydrogens is 484 g/mol. The maximum Gasteiger partial charge on any atom is 0.264 e. The van der Waals surface area contributed by atoms with Crippen molar-refractivity contribution in [3.63, 3.8) is 0 Å². The topological polar surface area (TPSA) is 84.9 Å². The van der Waals surface area contributed by atoms with Gasteiger partial charge in [-0.2, -0.15) is 0 Å². The summed E-state index contributed by atoms with van der Waals surface area (Å²) >= 11 is 1.52. The van der Waals surface area contributed by atoms with Crippen LogP contribution in [0.25, 0.3) is 0 Å². The van der Waals surface area contributed by atoms with Crippen molar-refractivity contribution in [2.45, 2.75) is 23.6 Å². The van der Waals surface area contributed by atoms with Crippen LogP contribution in [0.1, 0.15) is 12.5 Å². The van der Waals surface area contributed by atoms with Gasteiger partial charge in [0.2, 0.25) is 5.91 Å². The van der Waals surface area contributed by atoms with Crippen molar-refractivity contribution >= 4 is 33.4 Å². The second-order valence-electron chi connectivity index (χ2n) is 7.58. The highest BCUT2D eigenvalue weighted by Gasteiger charge is 2.27. The van der Waals surface area contributed by atoms with Crippen LogP contribution in [0, 0.1) is 6.92 Å². The molecule has 7 nitrogen and oxygen atoms in total. The van der Waals surface area contributed by atoms with Gasteiger partial charge in [0.15, 0.2) is 0 Å². The predicted molar refractivity (Wildman–Crippen MR) is 140 cm³/mol. The number of rotatable bonds is 12. The van der Waals surface area contributed by atoms with Crippen molar-refractivity contribution < 1.29 is 22.7 Å². The normalized spacial score (nSPS) is 11.1. The average molecular weight is 515 g/mol. The molecule has 0 bridgehead atoms. The second kappa shape index (κ2) is 12.5. The second-order valence-corrected chi connectivity index (χ2v) is 10.3. The van der Waals surface area contributed by atoms with Crippen molar-refractivity contribution in [3.05, 3.63) is 78.4 Å². The van der Waals surface area contributed by atoms with Crippen molar-refractivity contribution in [1.82, 2.24) is 5.32 Å². The molecule has 0 aliphatic rings. The number of nitrogens with one attached hydrogen (secondary N) is 1. The molecule has 1 amide bonds. The molecule has 0 aromatic heterocycles. The number of nitrogens with zero attached hydrogens (tertiary/aromatic N) is 1. The maximum absolute atomic E-state index is 13.5. The SMILES string of the molecule is CCOc1ccc(N(CC(=O)NCCOc2ccccc2C)S(=O)(=O)c2ccc(SC)cc2)cc1. The smallest absolute Gasteiger partial charge is 0.264 e. The number of hydrogen-bond donors (Lipinski definition) is 1. The van der Waals surface area contributed by atoms with Crippen LogP contribution in [0.5, 0.6) is 11.5 Å². The Bertz CT molecular complexity index is 1210. The van der Waals surface area contributed by atoms with Gasteiger partial charge in [-0.05, 0) is 80.3 Å². The van der Waals surface area contributed by atoms with Crippen molar-refractivity contribution in [2.75, 3.05) is 36.9 Å². The summed E-state index contributed by atoms with van der Waals surface area (Å²) in [6.07, 6.45) is 1.92. The summed E-state index contributed by atoms with van der Waals surface area (Å²) in [5.74, 6) is 0.932. The number of sulfonamides is 1. The van der Waals surface area contributed by atoms with Gasteiger partial charge in [-0.1, -0.05) is 18.2 Å². The van der Waals surface area contributed by atoms with E-state index in [1.165, 1.54) is 11.8 Å². The van der Waals surface area contributed by atoms with Gasteiger partial charge in [-0.25, -0.2) is 8.42 Å². The van der Waals surface area contributed by atoms with Crippen LogP contribution in [0.2, 0.25) is 0 Å². The lowest BCUT2D eigenvalue weighted by Gasteiger charge is -2.24. The van der Waals surface area contributed by atoms with E-state index < -0.39 is 15.9 Å². The maximum atomic E-state index is 13.5. The monoisotopic (exact) mass is 514 g/mol. The van der Waals surface area contributed by atoms with Gasteiger partial charge < -0.3 is 14.8 Å². The molecule has 0 heterocycles. The summed E-state index contributed by atoms with van der Waals surface area (Å²) in [5.41, 5.74) is 1.37. The lowest BCUT2D eigenvalue weighted by Crippen LogP contribution is -2.41. The van der Waals surface area contributed by atoms with E-state index in [0.717, 1.165) is 20.5 Å². The molecule has 0 aliphatic heterocycles. The first kappa shape index (κ1) is 26.4. The highest BCUT2D eigenvalue weighted by Crippen LogP contribution is 2.27. The van der Waals surface area contributed by atoms with Crippen LogP contribution in [0.3, 0.4) is 0 Å². The number of amides is 1. The van der Waals surface area contributed by atoms with Gasteiger partial charge in [0.25, 0.3) is 10.0 Å². The van der Waals surface area contributed by atoms with E-state index in [9.17, 15) is 13.2 Å². The van der Waals surface area contributed by atoms with E-state index in [4.69, 9.17) is 9.47 Å². The van der Waals surface area contributed by atoms with E-state index in [-0.39, 0.29) is 24.6 Å². The van der Waals surface area contributed by atoms with Crippen LogP contribution in [0.4, 0.5) is 5.69 Å². The molecule has 3 aromatic rings. The van der Waals surface area contributed by atoms with Gasteiger partial charge in [-0.3, -0.25) is 9.10 Å². The minimum absolute atomic E-state index is 0.111. The summed E-state index contributed by atoms with van der Waals surface area (Å²) in [5, 5.41) is 2.75. The Balaban J connectivity index is 1.74. The minimum Gasteiger partial charge on any atom is -0.494 e.